The maximum absolute atomic E-state index is 10.5. The first-order chi connectivity index (χ1) is 5.92. The third-order valence-electron chi connectivity index (χ3n) is 0.949. The summed E-state index contributed by atoms with van der Waals surface area (Å²) in [5.41, 5.74) is 0. The lowest BCUT2D eigenvalue weighted by Crippen LogP contribution is -2.03. The average molecular weight is 180 g/mol. The van der Waals surface area contributed by atoms with Gasteiger partial charge in [0, 0.05) is 2.74 Å². The summed E-state index contributed by atoms with van der Waals surface area (Å²) in [7, 11) is -3.33. The number of hydrogen-bond donors (Lipinski definition) is 0. The van der Waals surface area contributed by atoms with E-state index in [1.807, 2.05) is 0 Å². The van der Waals surface area contributed by atoms with E-state index in [-0.39, 0.29) is 6.61 Å². The monoisotopic (exact) mass is 180 g/mol. The lowest BCUT2D eigenvalue weighted by atomic mass is 10.3. The summed E-state index contributed by atoms with van der Waals surface area (Å²) in [5.74, 6) is 0. The maximum Gasteiger partial charge on any atom is 0.264 e. The second kappa shape index (κ2) is 5.32. The Kier molecular flexibility index (Phi) is 3.53. The molecule has 0 saturated carbocycles. The lowest BCUT2D eigenvalue weighted by Gasteiger charge is -1.97. The fourth-order valence-electron chi connectivity index (χ4n) is 0.508. The molecule has 0 aromatic carbocycles. The molecule has 0 aliphatic rings. The van der Waals surface area contributed by atoms with Crippen molar-refractivity contribution in [2.75, 3.05) is 12.9 Å². The minimum absolute atomic E-state index is 0.157. The van der Waals surface area contributed by atoms with Crippen molar-refractivity contribution in [3.8, 4) is 0 Å². The number of unbranched alkanes of at least 4 members (excludes halogenated alkanes) is 1. The van der Waals surface area contributed by atoms with E-state index in [0.717, 1.165) is 6.26 Å². The molecule has 0 N–H and O–H groups in total. The molecule has 0 radical (unpaired) electrons. The maximum atomic E-state index is 10.5. The largest absolute Gasteiger partial charge is 0.270 e. The van der Waals surface area contributed by atoms with E-state index in [4.69, 9.17) is 2.74 Å². The summed E-state index contributed by atoms with van der Waals surface area (Å²) < 4.78 is 39.0. The second-order valence-electron chi connectivity index (χ2n) is 2.10. The highest BCUT2D eigenvalue weighted by Crippen LogP contribution is 1.94. The molecule has 0 atom stereocenters. The summed E-state index contributed by atoms with van der Waals surface area (Å²) in [4.78, 5) is 0. The fourth-order valence-corrected chi connectivity index (χ4v) is 0.928. The van der Waals surface area contributed by atoms with Crippen molar-refractivity contribution < 1.29 is 15.3 Å². The molecule has 0 amide bonds. The van der Waals surface area contributed by atoms with Gasteiger partial charge in [0.15, 0.2) is 0 Å². The van der Waals surface area contributed by atoms with Crippen molar-refractivity contribution in [3.05, 3.63) is 12.2 Å². The molecular formula is C7H14O3S. The molecule has 0 unspecified atom stereocenters. The Balaban J connectivity index is 3.38. The van der Waals surface area contributed by atoms with Crippen LogP contribution in [0.1, 0.15) is 22.5 Å². The van der Waals surface area contributed by atoms with Crippen LogP contribution in [0.2, 0.25) is 0 Å². The summed E-state index contributed by atoms with van der Waals surface area (Å²) in [6.07, 6.45) is 5.32. The zero-order valence-electron chi connectivity index (χ0n) is 8.49. The van der Waals surface area contributed by atoms with Crippen LogP contribution in [0.4, 0.5) is 0 Å². The van der Waals surface area contributed by atoms with Gasteiger partial charge in [0.25, 0.3) is 10.1 Å². The molecule has 66 valence electrons. The predicted molar refractivity (Wildman–Crippen MR) is 44.8 cm³/mol. The van der Waals surface area contributed by atoms with Crippen LogP contribution in [-0.4, -0.2) is 21.3 Å². The van der Waals surface area contributed by atoms with Gasteiger partial charge in [-0.05, 0) is 19.7 Å². The molecule has 0 aliphatic carbocycles. The summed E-state index contributed by atoms with van der Waals surface area (Å²) in [6.45, 7) is -0.792. The van der Waals surface area contributed by atoms with Gasteiger partial charge in [0.05, 0.1) is 12.9 Å². The van der Waals surface area contributed by atoms with Crippen molar-refractivity contribution in [1.82, 2.24) is 0 Å². The summed E-state index contributed by atoms with van der Waals surface area (Å²) in [5, 5.41) is 0. The van der Waals surface area contributed by atoms with Gasteiger partial charge in [-0.3, -0.25) is 4.18 Å². The topological polar surface area (TPSA) is 43.4 Å². The van der Waals surface area contributed by atoms with Gasteiger partial charge in [-0.15, -0.1) is 0 Å². The Hall–Kier alpha value is -0.350. The normalized spacial score (nSPS) is 15.5. The molecule has 0 rings (SSSR count). The molecule has 0 saturated heterocycles. The Labute approximate surface area is 71.0 Å². The molecule has 0 aromatic rings. The van der Waals surface area contributed by atoms with Crippen molar-refractivity contribution in [3.63, 3.8) is 0 Å². The van der Waals surface area contributed by atoms with E-state index in [1.165, 1.54) is 6.08 Å². The molecule has 0 heterocycles. The SMILES string of the molecule is [2H]C([2H])/C=C\CCCOS(C)(=O)=O. The van der Waals surface area contributed by atoms with Crippen LogP contribution in [0.3, 0.4) is 0 Å². The van der Waals surface area contributed by atoms with Crippen LogP contribution in [0.5, 0.6) is 0 Å². The van der Waals surface area contributed by atoms with Crippen LogP contribution in [0, 0.1) is 0 Å². The zero-order chi connectivity index (χ0) is 10.3. The van der Waals surface area contributed by atoms with Crippen LogP contribution in [0.25, 0.3) is 0 Å². The number of allylic oxidation sites excluding steroid dienone is 2. The Morgan fingerprint density at radius 2 is 2.36 bits per heavy atom. The van der Waals surface area contributed by atoms with Gasteiger partial charge in [0.2, 0.25) is 0 Å². The smallest absolute Gasteiger partial charge is 0.264 e. The van der Waals surface area contributed by atoms with Gasteiger partial charge < -0.3 is 0 Å². The first-order valence-corrected chi connectivity index (χ1v) is 5.09. The third-order valence-corrected chi connectivity index (χ3v) is 1.54. The number of rotatable bonds is 5. The molecule has 0 spiro atoms. The average Bonchev–Trinajstić information content (AvgIpc) is 1.93. The molecule has 4 heteroatoms. The van der Waals surface area contributed by atoms with Crippen LogP contribution in [0.15, 0.2) is 12.2 Å². The van der Waals surface area contributed by atoms with E-state index >= 15 is 0 Å². The first kappa shape index (κ1) is 7.31. The van der Waals surface area contributed by atoms with Gasteiger partial charge in [-0.25, -0.2) is 0 Å². The van der Waals surface area contributed by atoms with Crippen LogP contribution < -0.4 is 0 Å². The van der Waals surface area contributed by atoms with Crippen molar-refractivity contribution >= 4 is 10.1 Å². The summed E-state index contributed by atoms with van der Waals surface area (Å²) in [6, 6.07) is 0. The van der Waals surface area contributed by atoms with Crippen LogP contribution >= 0.6 is 0 Å². The van der Waals surface area contributed by atoms with Gasteiger partial charge in [-0.1, -0.05) is 12.2 Å². The molecule has 0 aromatic heterocycles. The van der Waals surface area contributed by atoms with Crippen molar-refractivity contribution in [2.24, 2.45) is 0 Å². The van der Waals surface area contributed by atoms with Crippen molar-refractivity contribution in [2.45, 2.75) is 19.7 Å². The standard InChI is InChI=1S/C7H14O3S/c1-3-4-5-6-7-10-11(2,8)9/h3-4H,5-7H2,1-2H3/b4-3-/i1D2. The summed E-state index contributed by atoms with van der Waals surface area (Å²) >= 11 is 0. The van der Waals surface area contributed by atoms with E-state index in [9.17, 15) is 8.42 Å². The Morgan fingerprint density at radius 3 is 2.91 bits per heavy atom. The predicted octanol–water partition coefficient (Wildman–Crippen LogP) is 1.32. The van der Waals surface area contributed by atoms with E-state index in [2.05, 4.69) is 4.18 Å². The molecule has 3 nitrogen and oxygen atoms in total. The second-order valence-corrected chi connectivity index (χ2v) is 3.74. The molecule has 0 bridgehead atoms. The zero-order valence-corrected chi connectivity index (χ0v) is 7.30. The van der Waals surface area contributed by atoms with Gasteiger partial charge >= 0.3 is 0 Å². The first-order valence-electron chi connectivity index (χ1n) is 4.43. The Bertz CT molecular complexity index is 246. The molecule has 0 aliphatic heterocycles. The van der Waals surface area contributed by atoms with E-state index in [0.29, 0.717) is 12.8 Å². The lowest BCUT2D eigenvalue weighted by molar-refractivity contribution is 0.317. The van der Waals surface area contributed by atoms with E-state index in [1.54, 1.807) is 6.08 Å². The Morgan fingerprint density at radius 1 is 1.64 bits per heavy atom. The van der Waals surface area contributed by atoms with Gasteiger partial charge in [-0.2, -0.15) is 8.42 Å². The van der Waals surface area contributed by atoms with Crippen molar-refractivity contribution in [1.29, 1.82) is 0 Å². The highest BCUT2D eigenvalue weighted by atomic mass is 32.2. The third kappa shape index (κ3) is 9.65. The van der Waals surface area contributed by atoms with E-state index < -0.39 is 17.0 Å². The minimum atomic E-state index is -3.33. The molecule has 11 heavy (non-hydrogen) atoms. The minimum Gasteiger partial charge on any atom is -0.270 e. The fraction of sp³-hybridized carbons (Fsp3) is 0.714. The molecule has 0 fully saturated rings. The highest BCUT2D eigenvalue weighted by Gasteiger charge is 1.98. The highest BCUT2D eigenvalue weighted by molar-refractivity contribution is 7.85. The quantitative estimate of drug-likeness (QED) is 0.364. The molecular weight excluding hydrogens is 164 g/mol. The van der Waals surface area contributed by atoms with Crippen LogP contribution in [-0.2, 0) is 14.3 Å². The van der Waals surface area contributed by atoms with Gasteiger partial charge in [0.1, 0.15) is 0 Å². The number of hydrogen-bond acceptors (Lipinski definition) is 3.